The number of imidazole rings is 1. The van der Waals surface area contributed by atoms with Crippen LogP contribution in [0.1, 0.15) is 22.9 Å². The van der Waals surface area contributed by atoms with Gasteiger partial charge in [0.1, 0.15) is 5.82 Å². The number of nitrogens with one attached hydrogen (secondary N) is 1. The second-order valence-corrected chi connectivity index (χ2v) is 5.77. The molecule has 0 saturated heterocycles. The molecule has 0 spiro atoms. The number of aromatic nitrogens is 2. The SMILES string of the molecule is c1ccc(-c2ccccc2C(c2ccccc2)c2ncc[nH]2)cc1. The molecule has 116 valence electrons. The van der Waals surface area contributed by atoms with Crippen LogP contribution in [-0.4, -0.2) is 9.97 Å². The van der Waals surface area contributed by atoms with E-state index in [1.807, 2.05) is 24.5 Å². The zero-order valence-electron chi connectivity index (χ0n) is 13.3. The number of benzene rings is 3. The van der Waals surface area contributed by atoms with Gasteiger partial charge >= 0.3 is 0 Å². The Labute approximate surface area is 141 Å². The molecule has 0 aliphatic rings. The van der Waals surface area contributed by atoms with Crippen molar-refractivity contribution in [2.24, 2.45) is 0 Å². The molecule has 3 aromatic carbocycles. The van der Waals surface area contributed by atoms with Crippen LogP contribution in [0.25, 0.3) is 11.1 Å². The molecule has 0 fully saturated rings. The maximum absolute atomic E-state index is 4.55. The average molecular weight is 310 g/mol. The van der Waals surface area contributed by atoms with Crippen molar-refractivity contribution in [2.75, 3.05) is 0 Å². The Morgan fingerprint density at radius 1 is 0.708 bits per heavy atom. The Kier molecular flexibility index (Phi) is 3.95. The van der Waals surface area contributed by atoms with E-state index in [0.29, 0.717) is 0 Å². The van der Waals surface area contributed by atoms with E-state index in [1.54, 1.807) is 0 Å². The summed E-state index contributed by atoms with van der Waals surface area (Å²) >= 11 is 0. The number of hydrogen-bond donors (Lipinski definition) is 1. The molecule has 0 amide bonds. The minimum atomic E-state index is 0.0811. The maximum atomic E-state index is 4.55. The van der Waals surface area contributed by atoms with Gasteiger partial charge in [0.2, 0.25) is 0 Å². The number of H-pyrrole nitrogens is 1. The zero-order chi connectivity index (χ0) is 16.2. The lowest BCUT2D eigenvalue weighted by molar-refractivity contribution is 0.886. The van der Waals surface area contributed by atoms with Gasteiger partial charge in [-0.15, -0.1) is 0 Å². The molecule has 24 heavy (non-hydrogen) atoms. The second kappa shape index (κ2) is 6.55. The monoisotopic (exact) mass is 310 g/mol. The first-order valence-corrected chi connectivity index (χ1v) is 8.12. The summed E-state index contributed by atoms with van der Waals surface area (Å²) in [4.78, 5) is 7.85. The van der Waals surface area contributed by atoms with Gasteiger partial charge in [-0.05, 0) is 22.3 Å². The predicted molar refractivity (Wildman–Crippen MR) is 97.9 cm³/mol. The summed E-state index contributed by atoms with van der Waals surface area (Å²) in [5.74, 6) is 1.04. The van der Waals surface area contributed by atoms with Crippen molar-refractivity contribution < 1.29 is 0 Å². The van der Waals surface area contributed by atoms with E-state index in [0.717, 1.165) is 5.82 Å². The molecule has 4 aromatic rings. The number of hydrogen-bond acceptors (Lipinski definition) is 1. The van der Waals surface area contributed by atoms with Crippen molar-refractivity contribution in [1.82, 2.24) is 9.97 Å². The molecule has 2 heteroatoms. The highest BCUT2D eigenvalue weighted by atomic mass is 14.9. The first-order chi connectivity index (χ1) is 11.9. The lowest BCUT2D eigenvalue weighted by Gasteiger charge is -2.20. The first-order valence-electron chi connectivity index (χ1n) is 8.12. The molecule has 0 bridgehead atoms. The minimum absolute atomic E-state index is 0.0811. The highest BCUT2D eigenvalue weighted by Gasteiger charge is 2.21. The topological polar surface area (TPSA) is 28.7 Å². The highest BCUT2D eigenvalue weighted by Crippen LogP contribution is 2.36. The summed E-state index contributed by atoms with van der Waals surface area (Å²) in [5, 5.41) is 0. The molecular formula is C22H18N2. The van der Waals surface area contributed by atoms with Crippen LogP contribution in [-0.2, 0) is 0 Å². The third-order valence-corrected chi connectivity index (χ3v) is 4.28. The quantitative estimate of drug-likeness (QED) is 0.547. The van der Waals surface area contributed by atoms with Crippen LogP contribution in [0.4, 0.5) is 0 Å². The fraction of sp³-hybridized carbons (Fsp3) is 0.0455. The molecule has 0 saturated carbocycles. The Bertz CT molecular complexity index is 897. The Morgan fingerprint density at radius 2 is 1.38 bits per heavy atom. The van der Waals surface area contributed by atoms with Crippen LogP contribution >= 0.6 is 0 Å². The van der Waals surface area contributed by atoms with Gasteiger partial charge in [-0.2, -0.15) is 0 Å². The summed E-state index contributed by atoms with van der Waals surface area (Å²) in [7, 11) is 0. The summed E-state index contributed by atoms with van der Waals surface area (Å²) in [6.07, 6.45) is 3.70. The Balaban J connectivity index is 1.92. The van der Waals surface area contributed by atoms with Gasteiger partial charge in [0.25, 0.3) is 0 Å². The van der Waals surface area contributed by atoms with Crippen molar-refractivity contribution in [2.45, 2.75) is 5.92 Å². The molecule has 1 unspecified atom stereocenters. The van der Waals surface area contributed by atoms with Crippen molar-refractivity contribution in [3.63, 3.8) is 0 Å². The first kappa shape index (κ1) is 14.5. The van der Waals surface area contributed by atoms with Gasteiger partial charge in [-0.25, -0.2) is 4.98 Å². The van der Waals surface area contributed by atoms with E-state index in [4.69, 9.17) is 0 Å². The van der Waals surface area contributed by atoms with E-state index in [-0.39, 0.29) is 5.92 Å². The van der Waals surface area contributed by atoms with Crippen LogP contribution in [0.3, 0.4) is 0 Å². The minimum Gasteiger partial charge on any atom is -0.348 e. The summed E-state index contributed by atoms with van der Waals surface area (Å²) in [6, 6.07) is 29.6. The molecular weight excluding hydrogens is 292 g/mol. The fourth-order valence-corrected chi connectivity index (χ4v) is 3.19. The predicted octanol–water partition coefficient (Wildman–Crippen LogP) is 5.26. The molecule has 0 aliphatic heterocycles. The van der Waals surface area contributed by atoms with Gasteiger partial charge in [0.15, 0.2) is 0 Å². The van der Waals surface area contributed by atoms with Crippen molar-refractivity contribution in [3.05, 3.63) is 114 Å². The molecule has 1 atom stereocenters. The molecule has 1 N–H and O–H groups in total. The van der Waals surface area contributed by atoms with Gasteiger partial charge in [0, 0.05) is 12.4 Å². The third kappa shape index (κ3) is 2.74. The highest BCUT2D eigenvalue weighted by molar-refractivity contribution is 5.69. The maximum Gasteiger partial charge on any atom is 0.118 e. The van der Waals surface area contributed by atoms with Crippen LogP contribution in [0.15, 0.2) is 97.3 Å². The van der Waals surface area contributed by atoms with E-state index < -0.39 is 0 Å². The van der Waals surface area contributed by atoms with E-state index in [1.165, 1.54) is 22.3 Å². The lowest BCUT2D eigenvalue weighted by Crippen LogP contribution is -2.07. The van der Waals surface area contributed by atoms with Gasteiger partial charge in [0.05, 0.1) is 5.92 Å². The van der Waals surface area contributed by atoms with Crippen LogP contribution in [0.5, 0.6) is 0 Å². The molecule has 0 radical (unpaired) electrons. The summed E-state index contributed by atoms with van der Waals surface area (Å²) in [5.41, 5.74) is 4.95. The second-order valence-electron chi connectivity index (χ2n) is 5.77. The van der Waals surface area contributed by atoms with Gasteiger partial charge < -0.3 is 4.98 Å². The smallest absolute Gasteiger partial charge is 0.118 e. The summed E-state index contributed by atoms with van der Waals surface area (Å²) in [6.45, 7) is 0. The third-order valence-electron chi connectivity index (χ3n) is 4.28. The fourth-order valence-electron chi connectivity index (χ4n) is 3.19. The van der Waals surface area contributed by atoms with E-state index in [2.05, 4.69) is 82.8 Å². The van der Waals surface area contributed by atoms with Crippen molar-refractivity contribution >= 4 is 0 Å². The van der Waals surface area contributed by atoms with Gasteiger partial charge in [-0.3, -0.25) is 0 Å². The average Bonchev–Trinajstić information content (AvgIpc) is 3.18. The van der Waals surface area contributed by atoms with Crippen LogP contribution in [0.2, 0.25) is 0 Å². The Morgan fingerprint density at radius 3 is 2.08 bits per heavy atom. The van der Waals surface area contributed by atoms with Crippen LogP contribution in [0, 0.1) is 0 Å². The lowest BCUT2D eigenvalue weighted by atomic mass is 9.85. The molecule has 1 aromatic heterocycles. The van der Waals surface area contributed by atoms with Crippen LogP contribution < -0.4 is 0 Å². The number of nitrogens with zero attached hydrogens (tertiary/aromatic N) is 1. The van der Waals surface area contributed by atoms with Gasteiger partial charge in [-0.1, -0.05) is 84.9 Å². The standard InChI is InChI=1S/C22H18N2/c1-3-9-17(10-4-1)19-13-7-8-14-20(19)21(22-23-15-16-24-22)18-11-5-2-6-12-18/h1-16,21H,(H,23,24). The Hall–Kier alpha value is -3.13. The normalized spacial score (nSPS) is 12.0. The van der Waals surface area contributed by atoms with Crippen molar-refractivity contribution in [1.29, 1.82) is 0 Å². The van der Waals surface area contributed by atoms with E-state index >= 15 is 0 Å². The molecule has 0 aliphatic carbocycles. The van der Waals surface area contributed by atoms with Crippen molar-refractivity contribution in [3.8, 4) is 11.1 Å². The molecule has 4 rings (SSSR count). The zero-order valence-corrected chi connectivity index (χ0v) is 13.3. The summed E-state index contributed by atoms with van der Waals surface area (Å²) < 4.78 is 0. The number of rotatable bonds is 4. The molecule has 1 heterocycles. The van der Waals surface area contributed by atoms with E-state index in [9.17, 15) is 0 Å². The largest absolute Gasteiger partial charge is 0.348 e. The number of aromatic amines is 1. The molecule has 2 nitrogen and oxygen atoms in total.